The Bertz CT molecular complexity index is 1400. The number of ketones is 1. The van der Waals surface area contributed by atoms with Crippen molar-refractivity contribution in [1.29, 1.82) is 0 Å². The van der Waals surface area contributed by atoms with E-state index in [1.807, 2.05) is 72.8 Å². The van der Waals surface area contributed by atoms with E-state index >= 15 is 0 Å². The van der Waals surface area contributed by atoms with Crippen molar-refractivity contribution in [3.05, 3.63) is 118 Å². The molecule has 0 fully saturated rings. The van der Waals surface area contributed by atoms with Crippen molar-refractivity contribution < 1.29 is 4.79 Å². The van der Waals surface area contributed by atoms with Gasteiger partial charge in [0.15, 0.2) is 5.78 Å². The van der Waals surface area contributed by atoms with Crippen molar-refractivity contribution >= 4 is 22.2 Å². The largest absolute Gasteiger partial charge is 0.350 e. The minimum atomic E-state index is -0.269. The molecule has 5 heteroatoms. The van der Waals surface area contributed by atoms with Gasteiger partial charge in [-0.1, -0.05) is 78.9 Å². The first kappa shape index (κ1) is 17.1. The summed E-state index contributed by atoms with van der Waals surface area (Å²) >= 11 is 0. The average molecular weight is 379 g/mol. The topological polar surface area (TPSA) is 56.4 Å². The van der Waals surface area contributed by atoms with Gasteiger partial charge in [-0.25, -0.2) is 4.79 Å². The molecule has 5 nitrogen and oxygen atoms in total. The van der Waals surface area contributed by atoms with Gasteiger partial charge in [0.1, 0.15) is 0 Å². The van der Waals surface area contributed by atoms with Gasteiger partial charge in [0.25, 0.3) is 0 Å². The molecule has 0 amide bonds. The van der Waals surface area contributed by atoms with E-state index in [4.69, 9.17) is 0 Å². The lowest BCUT2D eigenvalue weighted by Gasteiger charge is -2.12. The molecule has 0 saturated carbocycles. The van der Waals surface area contributed by atoms with Gasteiger partial charge in [0, 0.05) is 10.9 Å². The van der Waals surface area contributed by atoms with E-state index in [1.54, 1.807) is 16.7 Å². The highest BCUT2D eigenvalue weighted by molar-refractivity contribution is 6.16. The molecule has 0 aliphatic heterocycles. The number of hydrogen-bond donors (Lipinski definition) is 0. The lowest BCUT2D eigenvalue weighted by atomic mass is 10.0. The molecular formula is C24H17N3O2. The Labute approximate surface area is 166 Å². The summed E-state index contributed by atoms with van der Waals surface area (Å²) in [6.45, 7) is 0.429. The molecule has 140 valence electrons. The molecule has 5 aromatic rings. The molecule has 0 N–H and O–H groups in total. The van der Waals surface area contributed by atoms with Gasteiger partial charge in [-0.15, -0.1) is 0 Å². The molecule has 0 aliphatic carbocycles. The van der Waals surface area contributed by atoms with Crippen LogP contribution in [0.5, 0.6) is 0 Å². The van der Waals surface area contributed by atoms with Crippen LogP contribution in [0.15, 0.2) is 95.9 Å². The van der Waals surface area contributed by atoms with Crippen molar-refractivity contribution in [3.63, 3.8) is 0 Å². The maximum Gasteiger partial charge on any atom is 0.350 e. The maximum absolute atomic E-state index is 13.3. The highest BCUT2D eigenvalue weighted by Crippen LogP contribution is 2.24. The molecule has 2 heterocycles. The Balaban J connectivity index is 1.77. The number of carbonyl (C=O) groups excluding carboxylic acids is 1. The van der Waals surface area contributed by atoms with E-state index in [9.17, 15) is 9.59 Å². The summed E-state index contributed by atoms with van der Waals surface area (Å²) in [5.41, 5.74) is 3.07. The number of hydrogen-bond acceptors (Lipinski definition) is 3. The summed E-state index contributed by atoms with van der Waals surface area (Å²) in [4.78, 5) is 26.4. The summed E-state index contributed by atoms with van der Waals surface area (Å²) in [6.07, 6.45) is 1.49. The molecule has 0 atom stereocenters. The summed E-state index contributed by atoms with van der Waals surface area (Å²) in [5.74, 6) is -0.147. The van der Waals surface area contributed by atoms with Crippen molar-refractivity contribution in [2.75, 3.05) is 0 Å². The number of aromatic nitrogens is 3. The third-order valence-corrected chi connectivity index (χ3v) is 5.10. The number of benzene rings is 3. The van der Waals surface area contributed by atoms with Gasteiger partial charge in [0.05, 0.1) is 29.3 Å². The van der Waals surface area contributed by atoms with Gasteiger partial charge >= 0.3 is 5.69 Å². The predicted molar refractivity (Wildman–Crippen MR) is 112 cm³/mol. The minimum Gasteiger partial charge on any atom is -0.288 e. The van der Waals surface area contributed by atoms with Crippen molar-refractivity contribution in [2.24, 2.45) is 0 Å². The molecule has 0 bridgehead atoms. The zero-order valence-electron chi connectivity index (χ0n) is 15.5. The Morgan fingerprint density at radius 3 is 2.24 bits per heavy atom. The van der Waals surface area contributed by atoms with Crippen LogP contribution in [0.3, 0.4) is 0 Å². The third kappa shape index (κ3) is 2.84. The Morgan fingerprint density at radius 2 is 1.48 bits per heavy atom. The number of nitrogens with zero attached hydrogens (tertiary/aromatic N) is 3. The Morgan fingerprint density at radius 1 is 0.828 bits per heavy atom. The lowest BCUT2D eigenvalue weighted by molar-refractivity contribution is 0.104. The van der Waals surface area contributed by atoms with E-state index in [1.165, 1.54) is 10.7 Å². The van der Waals surface area contributed by atoms with Crippen LogP contribution in [0.2, 0.25) is 0 Å². The van der Waals surface area contributed by atoms with Crippen molar-refractivity contribution in [3.8, 4) is 0 Å². The van der Waals surface area contributed by atoms with E-state index in [-0.39, 0.29) is 11.5 Å². The number of carbonyl (C=O) groups is 1. The number of rotatable bonds is 4. The smallest absolute Gasteiger partial charge is 0.288 e. The van der Waals surface area contributed by atoms with Crippen LogP contribution in [0.25, 0.3) is 16.4 Å². The summed E-state index contributed by atoms with van der Waals surface area (Å²) in [5, 5.41) is 5.10. The van der Waals surface area contributed by atoms with E-state index in [2.05, 4.69) is 5.10 Å². The fraction of sp³-hybridized carbons (Fsp3) is 0.0417. The van der Waals surface area contributed by atoms with Crippen LogP contribution in [-0.2, 0) is 6.54 Å². The standard InChI is InChI=1S/C24H17N3O2/c28-23(18-11-5-2-6-12-18)20-15-25-27-22(20)19-13-7-8-14-21(19)26(24(27)29)16-17-9-3-1-4-10-17/h1-15H,16H2. The van der Waals surface area contributed by atoms with Crippen molar-refractivity contribution in [1.82, 2.24) is 14.2 Å². The first-order valence-electron chi connectivity index (χ1n) is 9.37. The zero-order chi connectivity index (χ0) is 19.8. The molecule has 3 aromatic carbocycles. The monoisotopic (exact) mass is 379 g/mol. The minimum absolute atomic E-state index is 0.147. The van der Waals surface area contributed by atoms with Crippen molar-refractivity contribution in [2.45, 2.75) is 6.54 Å². The average Bonchev–Trinajstić information content (AvgIpc) is 3.23. The van der Waals surface area contributed by atoms with Crippen LogP contribution in [0, 0.1) is 0 Å². The van der Waals surface area contributed by atoms with Gasteiger partial charge in [0.2, 0.25) is 0 Å². The van der Waals surface area contributed by atoms with Gasteiger partial charge in [-0.3, -0.25) is 9.36 Å². The van der Waals surface area contributed by atoms with Crippen LogP contribution < -0.4 is 5.69 Å². The normalized spacial score (nSPS) is 11.2. The zero-order valence-corrected chi connectivity index (χ0v) is 15.5. The van der Waals surface area contributed by atoms with E-state index < -0.39 is 0 Å². The molecule has 2 aromatic heterocycles. The maximum atomic E-state index is 13.3. The lowest BCUT2D eigenvalue weighted by Crippen LogP contribution is -2.28. The van der Waals surface area contributed by atoms with Gasteiger partial charge in [-0.2, -0.15) is 9.61 Å². The van der Waals surface area contributed by atoms with Crippen LogP contribution >= 0.6 is 0 Å². The van der Waals surface area contributed by atoms with E-state index in [0.717, 1.165) is 16.5 Å². The fourth-order valence-corrected chi connectivity index (χ4v) is 3.71. The SMILES string of the molecule is O=C(c1ccccc1)c1cnn2c(=O)n(Cc3ccccc3)c3ccccc3c12. The first-order valence-corrected chi connectivity index (χ1v) is 9.37. The van der Waals surface area contributed by atoms with Crippen LogP contribution in [0.4, 0.5) is 0 Å². The predicted octanol–water partition coefficient (Wildman–Crippen LogP) is 3.93. The summed E-state index contributed by atoms with van der Waals surface area (Å²) in [6, 6.07) is 26.5. The molecule has 0 radical (unpaired) electrons. The first-order chi connectivity index (χ1) is 14.2. The fourth-order valence-electron chi connectivity index (χ4n) is 3.71. The second-order valence-corrected chi connectivity index (χ2v) is 6.89. The molecule has 0 saturated heterocycles. The molecule has 0 aliphatic rings. The molecule has 5 rings (SSSR count). The van der Waals surface area contributed by atoms with Crippen LogP contribution in [-0.4, -0.2) is 20.0 Å². The molecular weight excluding hydrogens is 362 g/mol. The molecule has 0 unspecified atom stereocenters. The summed E-state index contributed by atoms with van der Waals surface area (Å²) in [7, 11) is 0. The number of para-hydroxylation sites is 1. The second-order valence-electron chi connectivity index (χ2n) is 6.89. The molecule has 0 spiro atoms. The Kier molecular flexibility index (Phi) is 4.06. The van der Waals surface area contributed by atoms with Crippen LogP contribution in [0.1, 0.15) is 21.5 Å². The van der Waals surface area contributed by atoms with Gasteiger partial charge < -0.3 is 0 Å². The summed E-state index contributed by atoms with van der Waals surface area (Å²) < 4.78 is 3.03. The quantitative estimate of drug-likeness (QED) is 0.445. The number of fused-ring (bicyclic) bond motifs is 3. The van der Waals surface area contributed by atoms with E-state index in [0.29, 0.717) is 23.2 Å². The highest BCUT2D eigenvalue weighted by atomic mass is 16.2. The third-order valence-electron chi connectivity index (χ3n) is 5.10. The highest BCUT2D eigenvalue weighted by Gasteiger charge is 2.20. The second kappa shape index (κ2) is 6.87. The molecule has 29 heavy (non-hydrogen) atoms. The van der Waals surface area contributed by atoms with Gasteiger partial charge in [-0.05, 0) is 11.6 Å². The Hall–Kier alpha value is -3.99.